The fourth-order valence-corrected chi connectivity index (χ4v) is 2.02. The molecule has 0 fully saturated rings. The minimum Gasteiger partial charge on any atom is -0.508 e. The van der Waals surface area contributed by atoms with Crippen molar-refractivity contribution in [1.29, 1.82) is 0 Å². The second kappa shape index (κ2) is 4.26. The van der Waals surface area contributed by atoms with Gasteiger partial charge in [-0.05, 0) is 41.5 Å². The Kier molecular flexibility index (Phi) is 3.43. The molecule has 84 valence electrons. The summed E-state index contributed by atoms with van der Waals surface area (Å²) >= 11 is 0. The Morgan fingerprint density at radius 3 is 2.27 bits per heavy atom. The van der Waals surface area contributed by atoms with Crippen LogP contribution in [0.4, 0.5) is 0 Å². The Morgan fingerprint density at radius 2 is 1.80 bits per heavy atom. The highest BCUT2D eigenvalue weighted by atomic mass is 16.3. The van der Waals surface area contributed by atoms with E-state index in [1.807, 2.05) is 6.07 Å². The zero-order valence-electron chi connectivity index (χ0n) is 10.5. The standard InChI is InChI=1S/C14H22O/c1-6-7-11-9-12(14(3,4)5)10(2)8-13(11)15/h8-9,15H,6-7H2,1-5H3. The molecule has 0 aliphatic rings. The minimum atomic E-state index is 0.153. The van der Waals surface area contributed by atoms with Gasteiger partial charge in [0.2, 0.25) is 0 Å². The fraction of sp³-hybridized carbons (Fsp3) is 0.571. The number of aromatic hydroxyl groups is 1. The van der Waals surface area contributed by atoms with Gasteiger partial charge in [0.05, 0.1) is 0 Å². The number of rotatable bonds is 2. The Labute approximate surface area is 93.1 Å². The minimum absolute atomic E-state index is 0.153. The molecule has 0 heterocycles. The van der Waals surface area contributed by atoms with E-state index in [1.54, 1.807) is 0 Å². The van der Waals surface area contributed by atoms with Crippen molar-refractivity contribution in [2.24, 2.45) is 0 Å². The first-order chi connectivity index (χ1) is 6.86. The van der Waals surface area contributed by atoms with Gasteiger partial charge in [0, 0.05) is 0 Å². The summed E-state index contributed by atoms with van der Waals surface area (Å²) in [6, 6.07) is 4.06. The van der Waals surface area contributed by atoms with Crippen LogP contribution in [0.2, 0.25) is 0 Å². The number of hydrogen-bond acceptors (Lipinski definition) is 1. The van der Waals surface area contributed by atoms with Crippen LogP contribution in [0.3, 0.4) is 0 Å². The average Bonchev–Trinajstić information content (AvgIpc) is 2.07. The molecule has 0 bridgehead atoms. The van der Waals surface area contributed by atoms with E-state index in [2.05, 4.69) is 40.7 Å². The van der Waals surface area contributed by atoms with Crippen LogP contribution in [-0.2, 0) is 11.8 Å². The third kappa shape index (κ3) is 2.74. The fourth-order valence-electron chi connectivity index (χ4n) is 2.02. The Bertz CT molecular complexity index is 345. The molecule has 0 atom stereocenters. The lowest BCUT2D eigenvalue weighted by Gasteiger charge is -2.23. The van der Waals surface area contributed by atoms with Crippen molar-refractivity contribution in [3.8, 4) is 5.75 Å². The van der Waals surface area contributed by atoms with Gasteiger partial charge >= 0.3 is 0 Å². The average molecular weight is 206 g/mol. The maximum Gasteiger partial charge on any atom is 0.119 e. The lowest BCUT2D eigenvalue weighted by molar-refractivity contribution is 0.465. The lowest BCUT2D eigenvalue weighted by atomic mass is 9.82. The maximum absolute atomic E-state index is 9.81. The molecule has 0 spiro atoms. The number of aryl methyl sites for hydroxylation is 2. The van der Waals surface area contributed by atoms with Crippen LogP contribution in [0.25, 0.3) is 0 Å². The van der Waals surface area contributed by atoms with Crippen LogP contribution in [0.1, 0.15) is 50.8 Å². The molecule has 0 saturated heterocycles. The molecule has 0 aliphatic heterocycles. The predicted molar refractivity (Wildman–Crippen MR) is 65.5 cm³/mol. The summed E-state index contributed by atoms with van der Waals surface area (Å²) in [5, 5.41) is 9.81. The van der Waals surface area contributed by atoms with E-state index in [-0.39, 0.29) is 5.41 Å². The number of phenolic OH excluding ortho intramolecular Hbond substituents is 1. The van der Waals surface area contributed by atoms with Crippen LogP contribution in [0.5, 0.6) is 5.75 Å². The van der Waals surface area contributed by atoms with Crippen molar-refractivity contribution in [3.05, 3.63) is 28.8 Å². The van der Waals surface area contributed by atoms with E-state index in [1.165, 1.54) is 11.1 Å². The van der Waals surface area contributed by atoms with Gasteiger partial charge in [-0.15, -0.1) is 0 Å². The van der Waals surface area contributed by atoms with Crippen molar-refractivity contribution in [1.82, 2.24) is 0 Å². The topological polar surface area (TPSA) is 20.2 Å². The monoisotopic (exact) mass is 206 g/mol. The Balaban J connectivity index is 3.23. The SMILES string of the molecule is CCCc1cc(C(C)(C)C)c(C)cc1O. The third-order valence-corrected chi connectivity index (χ3v) is 2.75. The second-order valence-electron chi connectivity index (χ2n) is 5.30. The summed E-state index contributed by atoms with van der Waals surface area (Å²) in [5.41, 5.74) is 3.75. The molecule has 1 heteroatoms. The zero-order valence-corrected chi connectivity index (χ0v) is 10.5. The highest BCUT2D eigenvalue weighted by Gasteiger charge is 2.18. The van der Waals surface area contributed by atoms with Crippen LogP contribution in [0, 0.1) is 6.92 Å². The van der Waals surface area contributed by atoms with Gasteiger partial charge in [-0.25, -0.2) is 0 Å². The van der Waals surface area contributed by atoms with E-state index >= 15 is 0 Å². The lowest BCUT2D eigenvalue weighted by Crippen LogP contribution is -2.13. The highest BCUT2D eigenvalue weighted by Crippen LogP contribution is 2.31. The van der Waals surface area contributed by atoms with Gasteiger partial charge in [0.1, 0.15) is 5.75 Å². The summed E-state index contributed by atoms with van der Waals surface area (Å²) in [7, 11) is 0. The van der Waals surface area contributed by atoms with E-state index in [0.29, 0.717) is 5.75 Å². The Hall–Kier alpha value is -0.980. The summed E-state index contributed by atoms with van der Waals surface area (Å²) < 4.78 is 0. The van der Waals surface area contributed by atoms with Crippen LogP contribution < -0.4 is 0 Å². The van der Waals surface area contributed by atoms with Gasteiger partial charge in [0.25, 0.3) is 0 Å². The molecule has 1 N–H and O–H groups in total. The first kappa shape index (κ1) is 12.1. The summed E-state index contributed by atoms with van der Waals surface area (Å²) in [5.74, 6) is 0.447. The Morgan fingerprint density at radius 1 is 1.20 bits per heavy atom. The van der Waals surface area contributed by atoms with Crippen LogP contribution >= 0.6 is 0 Å². The molecule has 0 amide bonds. The summed E-state index contributed by atoms with van der Waals surface area (Å²) in [6.45, 7) is 10.8. The molecular weight excluding hydrogens is 184 g/mol. The molecule has 0 aromatic heterocycles. The van der Waals surface area contributed by atoms with E-state index < -0.39 is 0 Å². The molecule has 0 radical (unpaired) electrons. The molecule has 0 saturated carbocycles. The van der Waals surface area contributed by atoms with E-state index in [0.717, 1.165) is 18.4 Å². The zero-order chi connectivity index (χ0) is 11.6. The van der Waals surface area contributed by atoms with Gasteiger partial charge in [-0.2, -0.15) is 0 Å². The molecule has 1 nitrogen and oxygen atoms in total. The molecular formula is C14H22O. The van der Waals surface area contributed by atoms with E-state index in [9.17, 15) is 5.11 Å². The molecule has 15 heavy (non-hydrogen) atoms. The predicted octanol–water partition coefficient (Wildman–Crippen LogP) is 3.95. The van der Waals surface area contributed by atoms with Crippen molar-refractivity contribution in [2.45, 2.75) is 52.9 Å². The van der Waals surface area contributed by atoms with Crippen molar-refractivity contribution in [3.63, 3.8) is 0 Å². The highest BCUT2D eigenvalue weighted by molar-refractivity contribution is 5.44. The second-order valence-corrected chi connectivity index (χ2v) is 5.30. The first-order valence-electron chi connectivity index (χ1n) is 5.69. The summed E-state index contributed by atoms with van der Waals surface area (Å²) in [4.78, 5) is 0. The molecule has 1 rings (SSSR count). The summed E-state index contributed by atoms with van der Waals surface area (Å²) in [6.07, 6.45) is 2.02. The van der Waals surface area contributed by atoms with Gasteiger partial charge in [-0.3, -0.25) is 0 Å². The normalized spacial score (nSPS) is 11.8. The number of phenols is 1. The third-order valence-electron chi connectivity index (χ3n) is 2.75. The van der Waals surface area contributed by atoms with Crippen molar-refractivity contribution < 1.29 is 5.11 Å². The van der Waals surface area contributed by atoms with Gasteiger partial charge < -0.3 is 5.11 Å². The number of benzene rings is 1. The quantitative estimate of drug-likeness (QED) is 0.776. The number of hydrogen-bond donors (Lipinski definition) is 1. The first-order valence-corrected chi connectivity index (χ1v) is 5.69. The molecule has 1 aromatic carbocycles. The van der Waals surface area contributed by atoms with Crippen molar-refractivity contribution >= 4 is 0 Å². The maximum atomic E-state index is 9.81. The van der Waals surface area contributed by atoms with Crippen LogP contribution in [-0.4, -0.2) is 5.11 Å². The van der Waals surface area contributed by atoms with E-state index in [4.69, 9.17) is 0 Å². The molecule has 0 aliphatic carbocycles. The molecule has 1 aromatic rings. The van der Waals surface area contributed by atoms with Gasteiger partial charge in [0.15, 0.2) is 0 Å². The largest absolute Gasteiger partial charge is 0.508 e. The smallest absolute Gasteiger partial charge is 0.119 e. The van der Waals surface area contributed by atoms with Gasteiger partial charge in [-0.1, -0.05) is 40.2 Å². The molecule has 0 unspecified atom stereocenters. The van der Waals surface area contributed by atoms with Crippen molar-refractivity contribution in [2.75, 3.05) is 0 Å². The van der Waals surface area contributed by atoms with Crippen LogP contribution in [0.15, 0.2) is 12.1 Å².